The Kier molecular flexibility index (Phi) is 11.4. The Morgan fingerprint density at radius 2 is 1.49 bits per heavy atom. The first-order valence-electron chi connectivity index (χ1n) is 13.2. The van der Waals surface area contributed by atoms with E-state index < -0.39 is 5.79 Å². The number of benzene rings is 3. The largest absolute Gasteiger partial charge is 0.445 e. The minimum Gasteiger partial charge on any atom is -0.445 e. The molecule has 1 atom stereocenters. The maximum Gasteiger partial charge on any atom is 0.275 e. The molecule has 0 amide bonds. The summed E-state index contributed by atoms with van der Waals surface area (Å²) >= 11 is 1.83. The van der Waals surface area contributed by atoms with Gasteiger partial charge in [0, 0.05) is 30.5 Å². The molecule has 1 unspecified atom stereocenters. The van der Waals surface area contributed by atoms with Crippen LogP contribution in [0.1, 0.15) is 51.2 Å². The summed E-state index contributed by atoms with van der Waals surface area (Å²) in [5, 5.41) is 0. The van der Waals surface area contributed by atoms with Crippen LogP contribution in [0, 0.1) is 5.92 Å². The van der Waals surface area contributed by atoms with Crippen molar-refractivity contribution in [2.45, 2.75) is 57.1 Å². The average Bonchev–Trinajstić information content (AvgIpc) is 3.28. The first-order valence-corrected chi connectivity index (χ1v) is 14.0. The number of allylic oxidation sites excluding steroid dienone is 2. The van der Waals surface area contributed by atoms with E-state index in [1.807, 2.05) is 68.3 Å². The number of fused-ring (bicyclic) bond motifs is 1. The molecule has 0 saturated carbocycles. The maximum absolute atomic E-state index is 6.24. The fourth-order valence-electron chi connectivity index (χ4n) is 4.31. The zero-order valence-corrected chi connectivity index (χ0v) is 23.4. The Morgan fingerprint density at radius 3 is 2.08 bits per heavy atom. The van der Waals surface area contributed by atoms with Crippen molar-refractivity contribution >= 4 is 11.9 Å². The molecule has 2 aliphatic heterocycles. The van der Waals surface area contributed by atoms with Gasteiger partial charge < -0.3 is 9.47 Å². The summed E-state index contributed by atoms with van der Waals surface area (Å²) in [7, 11) is 0. The third-order valence-corrected chi connectivity index (χ3v) is 7.37. The average molecular weight is 516 g/mol. The van der Waals surface area contributed by atoms with Crippen molar-refractivity contribution < 1.29 is 9.47 Å². The number of piperidine rings is 1. The SMILES string of the molecule is C=CC.C=CCC.CC1(c2ccccc2)Oc2ccc(SN3CCC(Cc4ccccc4)CC3)cc2O1. The van der Waals surface area contributed by atoms with E-state index in [9.17, 15) is 0 Å². The molecule has 0 bridgehead atoms. The van der Waals surface area contributed by atoms with Crippen molar-refractivity contribution in [3.05, 3.63) is 115 Å². The second-order valence-electron chi connectivity index (χ2n) is 9.38. The second-order valence-corrected chi connectivity index (χ2v) is 10.6. The van der Waals surface area contributed by atoms with E-state index in [2.05, 4.69) is 66.9 Å². The molecule has 1 saturated heterocycles. The van der Waals surface area contributed by atoms with E-state index in [1.165, 1.54) is 29.7 Å². The van der Waals surface area contributed by atoms with Gasteiger partial charge in [0.15, 0.2) is 11.5 Å². The minimum atomic E-state index is -0.761. The predicted molar refractivity (Wildman–Crippen MR) is 158 cm³/mol. The number of rotatable bonds is 6. The van der Waals surface area contributed by atoms with E-state index in [0.29, 0.717) is 0 Å². The fourth-order valence-corrected chi connectivity index (χ4v) is 5.29. The lowest BCUT2D eigenvalue weighted by Crippen LogP contribution is -2.31. The van der Waals surface area contributed by atoms with Crippen molar-refractivity contribution in [1.29, 1.82) is 0 Å². The Labute approximate surface area is 228 Å². The van der Waals surface area contributed by atoms with Gasteiger partial charge in [-0.1, -0.05) is 79.7 Å². The lowest BCUT2D eigenvalue weighted by molar-refractivity contribution is -0.0680. The van der Waals surface area contributed by atoms with Gasteiger partial charge >= 0.3 is 0 Å². The first kappa shape index (κ1) is 28.6. The van der Waals surface area contributed by atoms with Gasteiger partial charge in [0.1, 0.15) is 0 Å². The van der Waals surface area contributed by atoms with Gasteiger partial charge in [-0.15, -0.1) is 13.2 Å². The standard InChI is InChI=1S/C26H27NO2S.C4H8.C3H6/c1-26(22-10-6-3-7-11-22)28-24-13-12-23(19-25(24)29-26)30-27-16-14-21(15-17-27)18-20-8-4-2-5-9-20;1-3-4-2;1-3-2/h2-13,19,21H,14-18H2,1H3;3H,1,4H2,2H3;3H,1H2,2H3. The van der Waals surface area contributed by atoms with E-state index in [1.54, 1.807) is 6.08 Å². The monoisotopic (exact) mass is 515 g/mol. The topological polar surface area (TPSA) is 21.7 Å². The van der Waals surface area contributed by atoms with Crippen molar-refractivity contribution in [3.8, 4) is 11.5 Å². The summed E-state index contributed by atoms with van der Waals surface area (Å²) in [5.74, 6) is 1.66. The molecule has 0 N–H and O–H groups in total. The van der Waals surface area contributed by atoms with Crippen LogP contribution in [-0.4, -0.2) is 17.4 Å². The number of hydrogen-bond donors (Lipinski definition) is 0. The summed E-state index contributed by atoms with van der Waals surface area (Å²) < 4.78 is 14.9. The third-order valence-electron chi connectivity index (χ3n) is 6.29. The van der Waals surface area contributed by atoms with Gasteiger partial charge in [-0.2, -0.15) is 0 Å². The van der Waals surface area contributed by atoms with Gasteiger partial charge in [0.25, 0.3) is 5.79 Å². The minimum absolute atomic E-state index is 0.761. The van der Waals surface area contributed by atoms with Crippen molar-refractivity contribution in [2.75, 3.05) is 13.1 Å². The summed E-state index contributed by atoms with van der Waals surface area (Å²) in [6, 6.07) is 27.3. The highest BCUT2D eigenvalue weighted by Crippen LogP contribution is 2.46. The smallest absolute Gasteiger partial charge is 0.275 e. The van der Waals surface area contributed by atoms with Crippen LogP contribution in [0.25, 0.3) is 0 Å². The molecule has 2 heterocycles. The van der Waals surface area contributed by atoms with Crippen molar-refractivity contribution in [2.24, 2.45) is 5.92 Å². The maximum atomic E-state index is 6.24. The van der Waals surface area contributed by atoms with Gasteiger partial charge in [-0.25, -0.2) is 4.31 Å². The van der Waals surface area contributed by atoms with Gasteiger partial charge in [-0.05, 0) is 74.2 Å². The Balaban J connectivity index is 0.000000488. The number of hydrogen-bond acceptors (Lipinski definition) is 4. The molecule has 2 aliphatic rings. The summed E-state index contributed by atoms with van der Waals surface area (Å²) in [6.07, 6.45) is 8.40. The highest BCUT2D eigenvalue weighted by atomic mass is 32.2. The molecule has 0 radical (unpaired) electrons. The quantitative estimate of drug-likeness (QED) is 0.241. The van der Waals surface area contributed by atoms with Gasteiger partial charge in [0.2, 0.25) is 0 Å². The Bertz CT molecular complexity index is 1090. The molecule has 37 heavy (non-hydrogen) atoms. The summed E-state index contributed by atoms with van der Waals surface area (Å²) in [4.78, 5) is 1.20. The lowest BCUT2D eigenvalue weighted by atomic mass is 9.91. The molecule has 0 spiro atoms. The van der Waals surface area contributed by atoms with Crippen molar-refractivity contribution in [3.63, 3.8) is 0 Å². The van der Waals surface area contributed by atoms with Crippen LogP contribution in [0.15, 0.2) is 109 Å². The molecule has 1 fully saturated rings. The molecule has 0 aliphatic carbocycles. The van der Waals surface area contributed by atoms with Crippen LogP contribution < -0.4 is 9.47 Å². The predicted octanol–water partition coefficient (Wildman–Crippen LogP) is 9.07. The van der Waals surface area contributed by atoms with Crippen LogP contribution in [0.5, 0.6) is 11.5 Å². The molecule has 3 nitrogen and oxygen atoms in total. The highest BCUT2D eigenvalue weighted by Gasteiger charge is 2.38. The Hall–Kier alpha value is -2.95. The first-order chi connectivity index (χ1) is 18.0. The zero-order valence-electron chi connectivity index (χ0n) is 22.6. The molecule has 4 heteroatoms. The van der Waals surface area contributed by atoms with Crippen molar-refractivity contribution in [1.82, 2.24) is 4.31 Å². The summed E-state index contributed by atoms with van der Waals surface area (Å²) in [5.41, 5.74) is 2.48. The van der Waals surface area contributed by atoms with Crippen LogP contribution >= 0.6 is 11.9 Å². The molecule has 3 aromatic rings. The van der Waals surface area contributed by atoms with Crippen LogP contribution in [0.4, 0.5) is 0 Å². The van der Waals surface area contributed by atoms with E-state index in [0.717, 1.165) is 42.5 Å². The molecule has 3 aromatic carbocycles. The van der Waals surface area contributed by atoms with E-state index >= 15 is 0 Å². The van der Waals surface area contributed by atoms with Crippen LogP contribution in [0.3, 0.4) is 0 Å². The number of nitrogens with zero attached hydrogens (tertiary/aromatic N) is 1. The molecule has 0 aromatic heterocycles. The van der Waals surface area contributed by atoms with Gasteiger partial charge in [-0.3, -0.25) is 0 Å². The van der Waals surface area contributed by atoms with Crippen LogP contribution in [0.2, 0.25) is 0 Å². The molecular formula is C33H41NO2S. The van der Waals surface area contributed by atoms with Crippen LogP contribution in [-0.2, 0) is 12.2 Å². The number of ether oxygens (including phenoxy) is 2. The third kappa shape index (κ3) is 8.55. The van der Waals surface area contributed by atoms with E-state index in [-0.39, 0.29) is 0 Å². The fraction of sp³-hybridized carbons (Fsp3) is 0.333. The lowest BCUT2D eigenvalue weighted by Gasteiger charge is -2.31. The molecule has 196 valence electrons. The highest BCUT2D eigenvalue weighted by molar-refractivity contribution is 7.97. The Morgan fingerprint density at radius 1 is 0.919 bits per heavy atom. The zero-order chi connectivity index (χ0) is 26.5. The molecule has 5 rings (SSSR count). The normalized spacial score (nSPS) is 18.6. The van der Waals surface area contributed by atoms with Gasteiger partial charge in [0.05, 0.1) is 0 Å². The summed E-state index contributed by atoms with van der Waals surface area (Å²) in [6.45, 7) is 15.0. The molecular weight excluding hydrogens is 474 g/mol. The van der Waals surface area contributed by atoms with E-state index in [4.69, 9.17) is 9.47 Å². The second kappa shape index (κ2) is 14.7.